The minimum absolute atomic E-state index is 0.771. The van der Waals surface area contributed by atoms with E-state index in [9.17, 15) is 0 Å². The molecule has 0 saturated carbocycles. The van der Waals surface area contributed by atoms with Crippen molar-refractivity contribution in [2.45, 2.75) is 13.5 Å². The zero-order chi connectivity index (χ0) is 13.4. The summed E-state index contributed by atoms with van der Waals surface area (Å²) in [6.07, 6.45) is 0. The predicted molar refractivity (Wildman–Crippen MR) is 85.1 cm³/mol. The molecule has 2 aromatic carbocycles. The van der Waals surface area contributed by atoms with Crippen LogP contribution < -0.4 is 0 Å². The van der Waals surface area contributed by atoms with Crippen molar-refractivity contribution >= 4 is 39.2 Å². The standard InChI is InChI=1S/C15H13BrN2S/c1-10-3-2-4-13-14(10)17-15(19)18(13)9-11-5-7-12(16)8-6-11/h2-8H,9H2,1H3,(H,17,19). The first-order chi connectivity index (χ1) is 9.15. The lowest BCUT2D eigenvalue weighted by molar-refractivity contribution is 0.810. The fraction of sp³-hybridized carbons (Fsp3) is 0.133. The summed E-state index contributed by atoms with van der Waals surface area (Å²) in [5.41, 5.74) is 4.75. The van der Waals surface area contributed by atoms with Crippen molar-refractivity contribution in [1.82, 2.24) is 9.55 Å². The van der Waals surface area contributed by atoms with Crippen LogP contribution in [0.15, 0.2) is 46.9 Å². The van der Waals surface area contributed by atoms with Gasteiger partial charge >= 0.3 is 0 Å². The van der Waals surface area contributed by atoms with Crippen LogP contribution in [-0.4, -0.2) is 9.55 Å². The Morgan fingerprint density at radius 2 is 1.89 bits per heavy atom. The minimum Gasteiger partial charge on any atom is -0.330 e. The molecular weight excluding hydrogens is 320 g/mol. The Morgan fingerprint density at radius 1 is 1.16 bits per heavy atom. The average Bonchev–Trinajstić information content (AvgIpc) is 2.71. The summed E-state index contributed by atoms with van der Waals surface area (Å²) >= 11 is 8.89. The summed E-state index contributed by atoms with van der Waals surface area (Å²) in [6, 6.07) is 14.6. The summed E-state index contributed by atoms with van der Waals surface area (Å²) in [5.74, 6) is 0. The molecule has 0 bridgehead atoms. The zero-order valence-corrected chi connectivity index (χ0v) is 12.9. The molecular formula is C15H13BrN2S. The third-order valence-electron chi connectivity index (χ3n) is 3.27. The maximum Gasteiger partial charge on any atom is 0.178 e. The van der Waals surface area contributed by atoms with Crippen molar-refractivity contribution in [2.24, 2.45) is 0 Å². The number of aromatic amines is 1. The fourth-order valence-corrected chi connectivity index (χ4v) is 2.78. The van der Waals surface area contributed by atoms with Crippen molar-refractivity contribution in [3.05, 3.63) is 62.8 Å². The molecule has 0 aliphatic heterocycles. The molecule has 1 aromatic heterocycles. The second-order valence-corrected chi connectivity index (χ2v) is 5.91. The summed E-state index contributed by atoms with van der Waals surface area (Å²) < 4.78 is 4.00. The number of imidazole rings is 1. The zero-order valence-electron chi connectivity index (χ0n) is 10.5. The molecule has 2 nitrogen and oxygen atoms in total. The lowest BCUT2D eigenvalue weighted by Crippen LogP contribution is -1.99. The van der Waals surface area contributed by atoms with E-state index in [1.165, 1.54) is 11.1 Å². The Hall–Kier alpha value is -1.39. The van der Waals surface area contributed by atoms with Crippen LogP contribution in [0, 0.1) is 11.7 Å². The third kappa shape index (κ3) is 2.38. The number of halogens is 1. The highest BCUT2D eigenvalue weighted by Gasteiger charge is 2.06. The fourth-order valence-electron chi connectivity index (χ4n) is 2.25. The Labute approximate surface area is 125 Å². The van der Waals surface area contributed by atoms with Gasteiger partial charge in [-0.3, -0.25) is 0 Å². The van der Waals surface area contributed by atoms with Crippen LogP contribution in [0.5, 0.6) is 0 Å². The van der Waals surface area contributed by atoms with E-state index in [1.807, 2.05) is 0 Å². The quantitative estimate of drug-likeness (QED) is 0.667. The van der Waals surface area contributed by atoms with E-state index in [1.54, 1.807) is 0 Å². The number of aryl methyl sites for hydroxylation is 1. The van der Waals surface area contributed by atoms with Gasteiger partial charge in [-0.05, 0) is 48.5 Å². The lowest BCUT2D eigenvalue weighted by atomic mass is 10.2. The van der Waals surface area contributed by atoms with Gasteiger partial charge < -0.3 is 9.55 Å². The van der Waals surface area contributed by atoms with Crippen molar-refractivity contribution in [2.75, 3.05) is 0 Å². The number of aromatic nitrogens is 2. The number of hydrogen-bond acceptors (Lipinski definition) is 1. The summed E-state index contributed by atoms with van der Waals surface area (Å²) in [4.78, 5) is 3.30. The first kappa shape index (κ1) is 12.6. The van der Waals surface area contributed by atoms with Gasteiger partial charge in [0.1, 0.15) is 0 Å². The van der Waals surface area contributed by atoms with Gasteiger partial charge in [-0.15, -0.1) is 0 Å². The topological polar surface area (TPSA) is 20.7 Å². The molecule has 0 spiro atoms. The molecule has 0 radical (unpaired) electrons. The van der Waals surface area contributed by atoms with Crippen LogP contribution in [-0.2, 0) is 6.54 Å². The molecule has 0 aliphatic rings. The van der Waals surface area contributed by atoms with Gasteiger partial charge in [-0.25, -0.2) is 0 Å². The van der Waals surface area contributed by atoms with Crippen LogP contribution in [0.4, 0.5) is 0 Å². The van der Waals surface area contributed by atoms with E-state index >= 15 is 0 Å². The Balaban J connectivity index is 2.10. The van der Waals surface area contributed by atoms with E-state index in [0.717, 1.165) is 26.8 Å². The van der Waals surface area contributed by atoms with Gasteiger partial charge in [0.2, 0.25) is 0 Å². The number of H-pyrrole nitrogens is 1. The number of nitrogens with one attached hydrogen (secondary N) is 1. The van der Waals surface area contributed by atoms with Gasteiger partial charge in [0.25, 0.3) is 0 Å². The molecule has 19 heavy (non-hydrogen) atoms. The molecule has 0 saturated heterocycles. The highest BCUT2D eigenvalue weighted by Crippen LogP contribution is 2.19. The van der Waals surface area contributed by atoms with E-state index in [0.29, 0.717) is 0 Å². The Bertz CT molecular complexity index is 784. The smallest absolute Gasteiger partial charge is 0.178 e. The van der Waals surface area contributed by atoms with Crippen molar-refractivity contribution in [3.63, 3.8) is 0 Å². The maximum absolute atomic E-state index is 5.44. The van der Waals surface area contributed by atoms with E-state index in [-0.39, 0.29) is 0 Å². The van der Waals surface area contributed by atoms with Crippen LogP contribution in [0.25, 0.3) is 11.0 Å². The van der Waals surface area contributed by atoms with Crippen LogP contribution in [0.2, 0.25) is 0 Å². The largest absolute Gasteiger partial charge is 0.330 e. The predicted octanol–water partition coefficient (Wildman–Crippen LogP) is 4.82. The van der Waals surface area contributed by atoms with E-state index in [4.69, 9.17) is 12.2 Å². The van der Waals surface area contributed by atoms with Gasteiger partial charge in [-0.2, -0.15) is 0 Å². The molecule has 4 heteroatoms. The van der Waals surface area contributed by atoms with E-state index < -0.39 is 0 Å². The average molecular weight is 333 g/mol. The molecule has 96 valence electrons. The Morgan fingerprint density at radius 3 is 2.63 bits per heavy atom. The van der Waals surface area contributed by atoms with Crippen molar-refractivity contribution in [3.8, 4) is 0 Å². The second-order valence-electron chi connectivity index (χ2n) is 4.61. The van der Waals surface area contributed by atoms with Crippen LogP contribution >= 0.6 is 28.1 Å². The number of fused-ring (bicyclic) bond motifs is 1. The Kier molecular flexibility index (Phi) is 3.29. The maximum atomic E-state index is 5.44. The molecule has 0 amide bonds. The first-order valence-corrected chi connectivity index (χ1v) is 7.28. The van der Waals surface area contributed by atoms with Crippen LogP contribution in [0.1, 0.15) is 11.1 Å². The molecule has 3 aromatic rings. The number of hydrogen-bond donors (Lipinski definition) is 1. The molecule has 0 unspecified atom stereocenters. The summed E-state index contributed by atoms with van der Waals surface area (Å²) in [5, 5.41) is 0. The second kappa shape index (κ2) is 4.94. The minimum atomic E-state index is 0.771. The first-order valence-electron chi connectivity index (χ1n) is 6.08. The SMILES string of the molecule is Cc1cccc2c1[nH]c(=S)n2Cc1ccc(Br)cc1. The highest BCUT2D eigenvalue weighted by atomic mass is 79.9. The molecule has 3 rings (SSSR count). The van der Waals surface area contributed by atoms with E-state index in [2.05, 4.69) is 74.9 Å². The monoisotopic (exact) mass is 332 g/mol. The molecule has 0 atom stereocenters. The molecule has 1 heterocycles. The van der Waals surface area contributed by atoms with Gasteiger partial charge in [0.15, 0.2) is 4.77 Å². The van der Waals surface area contributed by atoms with Gasteiger partial charge in [0.05, 0.1) is 17.6 Å². The number of rotatable bonds is 2. The normalized spacial score (nSPS) is 11.1. The van der Waals surface area contributed by atoms with Gasteiger partial charge in [-0.1, -0.05) is 40.2 Å². The third-order valence-corrected chi connectivity index (χ3v) is 4.12. The molecule has 0 fully saturated rings. The van der Waals surface area contributed by atoms with Crippen LogP contribution in [0.3, 0.4) is 0 Å². The number of benzene rings is 2. The highest BCUT2D eigenvalue weighted by molar-refractivity contribution is 9.10. The lowest BCUT2D eigenvalue weighted by Gasteiger charge is -2.05. The number of nitrogens with zero attached hydrogens (tertiary/aromatic N) is 1. The molecule has 1 N–H and O–H groups in total. The molecule has 0 aliphatic carbocycles. The van der Waals surface area contributed by atoms with Crippen molar-refractivity contribution < 1.29 is 0 Å². The summed E-state index contributed by atoms with van der Waals surface area (Å²) in [6.45, 7) is 2.88. The summed E-state index contributed by atoms with van der Waals surface area (Å²) in [7, 11) is 0. The van der Waals surface area contributed by atoms with Crippen molar-refractivity contribution in [1.29, 1.82) is 0 Å². The van der Waals surface area contributed by atoms with Gasteiger partial charge in [0, 0.05) is 4.47 Å². The number of para-hydroxylation sites is 1.